The monoisotopic (exact) mass is 165 g/mol. The maximum atomic E-state index is 10.6. The standard InChI is InChI=1S/C5H11NO3S/c1-10(8,9)6-5(7)3-2-4-5/h6-7H,2-4H2,1H3. The number of nitrogens with one attached hydrogen (secondary N) is 1. The molecule has 5 heteroatoms. The van der Waals surface area contributed by atoms with E-state index in [0.717, 1.165) is 12.7 Å². The zero-order chi connectivity index (χ0) is 7.83. The highest BCUT2D eigenvalue weighted by atomic mass is 32.2. The molecule has 1 aliphatic rings. The van der Waals surface area contributed by atoms with Crippen LogP contribution in [-0.4, -0.2) is 25.5 Å². The molecule has 0 spiro atoms. The summed E-state index contributed by atoms with van der Waals surface area (Å²) in [6.07, 6.45) is 2.99. The van der Waals surface area contributed by atoms with Gasteiger partial charge in [0.2, 0.25) is 10.0 Å². The van der Waals surface area contributed by atoms with Gasteiger partial charge in [-0.05, 0) is 19.3 Å². The first-order chi connectivity index (χ1) is 4.41. The minimum Gasteiger partial charge on any atom is -0.375 e. The second kappa shape index (κ2) is 2.18. The van der Waals surface area contributed by atoms with Crippen LogP contribution < -0.4 is 4.72 Å². The molecule has 60 valence electrons. The average Bonchev–Trinajstić information content (AvgIpc) is 1.57. The number of hydrogen-bond acceptors (Lipinski definition) is 3. The Balaban J connectivity index is 2.53. The highest BCUT2D eigenvalue weighted by Crippen LogP contribution is 2.28. The van der Waals surface area contributed by atoms with Gasteiger partial charge >= 0.3 is 0 Å². The summed E-state index contributed by atoms with van der Waals surface area (Å²) in [4.78, 5) is 0. The van der Waals surface area contributed by atoms with Gasteiger partial charge in [-0.25, -0.2) is 8.42 Å². The largest absolute Gasteiger partial charge is 0.375 e. The molecule has 0 atom stereocenters. The first-order valence-corrected chi connectivity index (χ1v) is 5.02. The SMILES string of the molecule is CS(=O)(=O)NC1(O)CCC1. The van der Waals surface area contributed by atoms with Crippen LogP contribution in [0.25, 0.3) is 0 Å². The minimum atomic E-state index is -3.24. The molecule has 0 bridgehead atoms. The molecule has 4 nitrogen and oxygen atoms in total. The fourth-order valence-corrected chi connectivity index (χ4v) is 1.85. The first-order valence-electron chi connectivity index (χ1n) is 3.13. The number of rotatable bonds is 2. The Morgan fingerprint density at radius 2 is 2.00 bits per heavy atom. The Labute approximate surface area is 60.3 Å². The summed E-state index contributed by atoms with van der Waals surface area (Å²) >= 11 is 0. The molecular weight excluding hydrogens is 154 g/mol. The van der Waals surface area contributed by atoms with E-state index in [9.17, 15) is 13.5 Å². The maximum absolute atomic E-state index is 10.6. The van der Waals surface area contributed by atoms with Crippen molar-refractivity contribution in [1.29, 1.82) is 0 Å². The summed E-state index contributed by atoms with van der Waals surface area (Å²) in [6, 6.07) is 0. The topological polar surface area (TPSA) is 66.4 Å². The summed E-state index contributed by atoms with van der Waals surface area (Å²) in [5.74, 6) is 0. The molecule has 1 saturated carbocycles. The molecular formula is C5H11NO3S. The zero-order valence-electron chi connectivity index (χ0n) is 5.79. The molecule has 0 saturated heterocycles. The smallest absolute Gasteiger partial charge is 0.211 e. The van der Waals surface area contributed by atoms with Gasteiger partial charge in [-0.2, -0.15) is 4.72 Å². The molecule has 0 aromatic heterocycles. The second-order valence-corrected chi connectivity index (χ2v) is 4.51. The number of aliphatic hydroxyl groups is 1. The van der Waals surface area contributed by atoms with Gasteiger partial charge in [-0.15, -0.1) is 0 Å². The van der Waals surface area contributed by atoms with E-state index in [-0.39, 0.29) is 0 Å². The molecule has 0 amide bonds. The lowest BCUT2D eigenvalue weighted by Gasteiger charge is -2.36. The predicted molar refractivity (Wildman–Crippen MR) is 36.8 cm³/mol. The lowest BCUT2D eigenvalue weighted by atomic mass is 9.90. The molecule has 0 aromatic rings. The van der Waals surface area contributed by atoms with E-state index in [1.165, 1.54) is 0 Å². The van der Waals surface area contributed by atoms with Crippen molar-refractivity contribution < 1.29 is 13.5 Å². The van der Waals surface area contributed by atoms with E-state index in [4.69, 9.17) is 0 Å². The average molecular weight is 165 g/mol. The summed E-state index contributed by atoms with van der Waals surface area (Å²) < 4.78 is 23.3. The van der Waals surface area contributed by atoms with Gasteiger partial charge in [0.15, 0.2) is 0 Å². The fourth-order valence-electron chi connectivity index (χ4n) is 0.959. The van der Waals surface area contributed by atoms with E-state index in [1.54, 1.807) is 0 Å². The van der Waals surface area contributed by atoms with Gasteiger partial charge in [-0.1, -0.05) is 0 Å². The Morgan fingerprint density at radius 3 is 2.10 bits per heavy atom. The third-order valence-corrected chi connectivity index (χ3v) is 2.31. The third kappa shape index (κ3) is 1.93. The van der Waals surface area contributed by atoms with Crippen LogP contribution in [-0.2, 0) is 10.0 Å². The van der Waals surface area contributed by atoms with Crippen molar-refractivity contribution in [3.63, 3.8) is 0 Å². The molecule has 0 radical (unpaired) electrons. The quantitative estimate of drug-likeness (QED) is 0.537. The van der Waals surface area contributed by atoms with E-state index >= 15 is 0 Å². The van der Waals surface area contributed by atoms with Crippen LogP contribution in [0, 0.1) is 0 Å². The predicted octanol–water partition coefficient (Wildman–Crippen LogP) is -0.592. The molecule has 0 heterocycles. The summed E-state index contributed by atoms with van der Waals surface area (Å²) in [6.45, 7) is 0. The lowest BCUT2D eigenvalue weighted by Crippen LogP contribution is -2.52. The van der Waals surface area contributed by atoms with Gasteiger partial charge in [0.1, 0.15) is 5.72 Å². The summed E-state index contributed by atoms with van der Waals surface area (Å²) in [5.41, 5.74) is -1.13. The summed E-state index contributed by atoms with van der Waals surface area (Å²) in [7, 11) is -3.24. The molecule has 0 aromatic carbocycles. The van der Waals surface area contributed by atoms with Crippen LogP contribution in [0.1, 0.15) is 19.3 Å². The molecule has 0 aliphatic heterocycles. The first kappa shape index (κ1) is 7.97. The van der Waals surface area contributed by atoms with Crippen molar-refractivity contribution in [2.75, 3.05) is 6.26 Å². The highest BCUT2D eigenvalue weighted by molar-refractivity contribution is 7.88. The van der Waals surface area contributed by atoms with E-state index in [2.05, 4.69) is 4.72 Å². The molecule has 1 aliphatic carbocycles. The van der Waals surface area contributed by atoms with Crippen molar-refractivity contribution in [2.45, 2.75) is 25.0 Å². The molecule has 1 fully saturated rings. The van der Waals surface area contributed by atoms with Crippen molar-refractivity contribution in [2.24, 2.45) is 0 Å². The van der Waals surface area contributed by atoms with Crippen LogP contribution in [0.2, 0.25) is 0 Å². The number of sulfonamides is 1. The van der Waals surface area contributed by atoms with Crippen molar-refractivity contribution >= 4 is 10.0 Å². The van der Waals surface area contributed by atoms with Crippen molar-refractivity contribution in [1.82, 2.24) is 4.72 Å². The van der Waals surface area contributed by atoms with Crippen LogP contribution in [0.4, 0.5) is 0 Å². The Kier molecular flexibility index (Phi) is 1.74. The molecule has 0 unspecified atom stereocenters. The second-order valence-electron chi connectivity index (χ2n) is 2.76. The van der Waals surface area contributed by atoms with E-state index in [0.29, 0.717) is 12.8 Å². The molecule has 1 rings (SSSR count). The Hall–Kier alpha value is -0.130. The van der Waals surface area contributed by atoms with Gasteiger partial charge in [0.25, 0.3) is 0 Å². The molecule has 10 heavy (non-hydrogen) atoms. The zero-order valence-corrected chi connectivity index (χ0v) is 6.61. The van der Waals surface area contributed by atoms with Crippen molar-refractivity contribution in [3.8, 4) is 0 Å². The van der Waals surface area contributed by atoms with E-state index in [1.807, 2.05) is 0 Å². The van der Waals surface area contributed by atoms with Gasteiger partial charge < -0.3 is 5.11 Å². The summed E-state index contributed by atoms with van der Waals surface area (Å²) in [5, 5.41) is 9.26. The third-order valence-electron chi connectivity index (χ3n) is 1.56. The normalized spacial score (nSPS) is 23.8. The maximum Gasteiger partial charge on any atom is 0.211 e. The molecule has 2 N–H and O–H groups in total. The minimum absolute atomic E-state index is 0.528. The Morgan fingerprint density at radius 1 is 1.50 bits per heavy atom. The fraction of sp³-hybridized carbons (Fsp3) is 1.00. The lowest BCUT2D eigenvalue weighted by molar-refractivity contribution is -0.0429. The van der Waals surface area contributed by atoms with Crippen LogP contribution in [0.15, 0.2) is 0 Å². The number of hydrogen-bond donors (Lipinski definition) is 2. The van der Waals surface area contributed by atoms with Gasteiger partial charge in [0.05, 0.1) is 6.26 Å². The Bertz CT molecular complexity index is 217. The highest BCUT2D eigenvalue weighted by Gasteiger charge is 2.36. The van der Waals surface area contributed by atoms with Gasteiger partial charge in [-0.3, -0.25) is 0 Å². The van der Waals surface area contributed by atoms with Crippen LogP contribution in [0.3, 0.4) is 0 Å². The van der Waals surface area contributed by atoms with Gasteiger partial charge in [0, 0.05) is 0 Å². The van der Waals surface area contributed by atoms with Crippen LogP contribution in [0.5, 0.6) is 0 Å². The van der Waals surface area contributed by atoms with Crippen LogP contribution >= 0.6 is 0 Å². The van der Waals surface area contributed by atoms with Crippen molar-refractivity contribution in [3.05, 3.63) is 0 Å². The van der Waals surface area contributed by atoms with E-state index < -0.39 is 15.7 Å².